The molecule has 0 bridgehead atoms. The highest BCUT2D eigenvalue weighted by molar-refractivity contribution is 6.01. The summed E-state index contributed by atoms with van der Waals surface area (Å²) in [6.45, 7) is 5.91. The number of amides is 3. The van der Waals surface area contributed by atoms with Crippen LogP contribution in [0.1, 0.15) is 52.4 Å². The first-order valence-corrected chi connectivity index (χ1v) is 10.4. The molecule has 0 saturated carbocycles. The Hall–Kier alpha value is -2.84. The summed E-state index contributed by atoms with van der Waals surface area (Å²) in [5, 5.41) is 18.3. The molecule has 1 fully saturated rings. The fourth-order valence-corrected chi connectivity index (χ4v) is 2.17. The molecule has 14 nitrogen and oxygen atoms in total. The minimum atomic E-state index is -0.609. The second kappa shape index (κ2) is 12.9. The molecule has 7 N–H and O–H groups in total. The van der Waals surface area contributed by atoms with E-state index >= 15 is 0 Å². The van der Waals surface area contributed by atoms with Crippen molar-refractivity contribution in [2.75, 3.05) is 26.2 Å². The summed E-state index contributed by atoms with van der Waals surface area (Å²) in [5.74, 6) is -1.52. The Bertz CT molecular complexity index is 710. The van der Waals surface area contributed by atoms with Crippen LogP contribution in [-0.2, 0) is 24.0 Å². The van der Waals surface area contributed by atoms with Crippen molar-refractivity contribution >= 4 is 23.7 Å². The normalized spacial score (nSPS) is 18.2. The van der Waals surface area contributed by atoms with Crippen molar-refractivity contribution in [1.82, 2.24) is 10.4 Å². The summed E-state index contributed by atoms with van der Waals surface area (Å²) in [6, 6.07) is 0. The van der Waals surface area contributed by atoms with Crippen LogP contribution in [0, 0.1) is 0 Å². The molecule has 0 aromatic heterocycles. The first-order valence-electron chi connectivity index (χ1n) is 10.4. The molecule has 3 amide bonds. The van der Waals surface area contributed by atoms with Crippen LogP contribution in [-0.4, -0.2) is 66.3 Å². The van der Waals surface area contributed by atoms with Gasteiger partial charge in [-0.2, -0.15) is 20.5 Å². The predicted octanol–water partition coefficient (Wildman–Crippen LogP) is -0.517. The molecule has 0 aromatic carbocycles. The van der Waals surface area contributed by atoms with Crippen LogP contribution in [0.2, 0.25) is 0 Å². The summed E-state index contributed by atoms with van der Waals surface area (Å²) < 4.78 is 0. The molecule has 180 valence electrons. The Morgan fingerprint density at radius 2 is 1.38 bits per heavy atom. The summed E-state index contributed by atoms with van der Waals surface area (Å²) >= 11 is 0. The van der Waals surface area contributed by atoms with Gasteiger partial charge in [0.15, 0.2) is 11.3 Å². The highest BCUT2D eigenvalue weighted by atomic mass is 16.7. The number of hydrogen-bond donors (Lipinski definition) is 4. The standard InChI is InChI=1S/C9H11N3O4.C7H14N4O.C2H8N2/c1-9(10-11-9)5-4-8(15)16-12-6(13)2-3-7(12)14;1-7(10-11-7)3-2-6(12)9-5-4-8;3-1-2-4/h2-5H2,1H3;2-5,8H2,1H3,(H,9,12);1-4H2. The summed E-state index contributed by atoms with van der Waals surface area (Å²) in [6.07, 6.45) is 1.90. The van der Waals surface area contributed by atoms with Gasteiger partial charge in [-0.3, -0.25) is 14.4 Å². The van der Waals surface area contributed by atoms with Gasteiger partial charge in [0.25, 0.3) is 11.8 Å². The third-order valence-electron chi connectivity index (χ3n) is 4.34. The number of rotatable bonds is 10. The maximum Gasteiger partial charge on any atom is 0.333 e. The molecule has 3 aliphatic heterocycles. The van der Waals surface area contributed by atoms with Crippen molar-refractivity contribution in [3.05, 3.63) is 0 Å². The average Bonchev–Trinajstić information content (AvgIpc) is 3.68. The second-order valence-corrected chi connectivity index (χ2v) is 7.60. The fraction of sp³-hybridized carbons (Fsp3) is 0.778. The van der Waals surface area contributed by atoms with E-state index in [9.17, 15) is 19.2 Å². The largest absolute Gasteiger partial charge is 0.355 e. The van der Waals surface area contributed by atoms with E-state index in [1.165, 1.54) is 0 Å². The van der Waals surface area contributed by atoms with E-state index < -0.39 is 23.4 Å². The Morgan fingerprint density at radius 3 is 1.78 bits per heavy atom. The summed E-state index contributed by atoms with van der Waals surface area (Å²) in [5.41, 5.74) is 14.3. The zero-order chi connectivity index (χ0) is 24.2. The number of imide groups is 1. The lowest BCUT2D eigenvalue weighted by Gasteiger charge is -2.12. The highest BCUT2D eigenvalue weighted by Crippen LogP contribution is 2.32. The molecule has 0 aliphatic carbocycles. The second-order valence-electron chi connectivity index (χ2n) is 7.60. The van der Waals surface area contributed by atoms with Crippen LogP contribution in [0.3, 0.4) is 0 Å². The van der Waals surface area contributed by atoms with Crippen LogP contribution in [0.5, 0.6) is 0 Å². The number of hydrogen-bond acceptors (Lipinski definition) is 12. The van der Waals surface area contributed by atoms with Gasteiger partial charge in [-0.15, -0.1) is 5.06 Å². The SMILES string of the molecule is CC1(CCC(=O)NCCN)N=N1.CC1(CCC(=O)ON2C(=O)CCC2=O)N=N1.NCCN. The molecule has 32 heavy (non-hydrogen) atoms. The van der Waals surface area contributed by atoms with Crippen molar-refractivity contribution in [2.45, 2.75) is 63.7 Å². The van der Waals surface area contributed by atoms with Gasteiger partial charge in [-0.05, 0) is 13.8 Å². The van der Waals surface area contributed by atoms with Gasteiger partial charge >= 0.3 is 5.97 Å². The molecule has 0 spiro atoms. The maximum absolute atomic E-state index is 11.3. The third-order valence-corrected chi connectivity index (χ3v) is 4.34. The first-order chi connectivity index (χ1) is 15.1. The molecule has 3 rings (SSSR count). The quantitative estimate of drug-likeness (QED) is 0.313. The Labute approximate surface area is 186 Å². The van der Waals surface area contributed by atoms with Crippen LogP contribution in [0.4, 0.5) is 0 Å². The zero-order valence-corrected chi connectivity index (χ0v) is 18.6. The van der Waals surface area contributed by atoms with Crippen LogP contribution in [0.15, 0.2) is 20.5 Å². The molecular formula is C18H33N9O5. The van der Waals surface area contributed by atoms with Crippen LogP contribution < -0.4 is 22.5 Å². The Balaban J connectivity index is 0.000000283. The fourth-order valence-electron chi connectivity index (χ4n) is 2.17. The predicted molar refractivity (Wildman–Crippen MR) is 112 cm³/mol. The minimum absolute atomic E-state index is 0.0268. The van der Waals surface area contributed by atoms with Crippen LogP contribution >= 0.6 is 0 Å². The topological polar surface area (TPSA) is 220 Å². The molecule has 0 aromatic rings. The van der Waals surface area contributed by atoms with Gasteiger partial charge in [-0.25, -0.2) is 4.79 Å². The number of carbonyl (C=O) groups is 4. The van der Waals surface area contributed by atoms with E-state index in [0.717, 1.165) is 0 Å². The smallest absolute Gasteiger partial charge is 0.333 e. The summed E-state index contributed by atoms with van der Waals surface area (Å²) in [7, 11) is 0. The minimum Gasteiger partial charge on any atom is -0.355 e. The molecule has 1 saturated heterocycles. The maximum atomic E-state index is 11.3. The molecule has 14 heteroatoms. The van der Waals surface area contributed by atoms with Crippen molar-refractivity contribution in [1.29, 1.82) is 0 Å². The highest BCUT2D eigenvalue weighted by Gasteiger charge is 2.36. The first kappa shape index (κ1) is 27.2. The molecule has 3 aliphatic rings. The van der Waals surface area contributed by atoms with Crippen molar-refractivity contribution in [3.63, 3.8) is 0 Å². The van der Waals surface area contributed by atoms with Gasteiger partial charge in [0, 0.05) is 58.3 Å². The lowest BCUT2D eigenvalue weighted by atomic mass is 10.1. The van der Waals surface area contributed by atoms with Crippen molar-refractivity contribution < 1.29 is 24.0 Å². The number of hydroxylamine groups is 2. The van der Waals surface area contributed by atoms with Gasteiger partial charge in [0.2, 0.25) is 5.91 Å². The van der Waals surface area contributed by atoms with E-state index in [4.69, 9.17) is 17.2 Å². The van der Waals surface area contributed by atoms with E-state index in [0.29, 0.717) is 50.5 Å². The van der Waals surface area contributed by atoms with Crippen LogP contribution in [0.25, 0.3) is 0 Å². The Kier molecular flexibility index (Phi) is 10.9. The van der Waals surface area contributed by atoms with Gasteiger partial charge in [0.05, 0.1) is 6.42 Å². The lowest BCUT2D eigenvalue weighted by molar-refractivity contribution is -0.197. The monoisotopic (exact) mass is 455 g/mol. The van der Waals surface area contributed by atoms with E-state index in [1.807, 2.05) is 6.92 Å². The molecule has 0 unspecified atom stereocenters. The van der Waals surface area contributed by atoms with E-state index in [1.54, 1.807) is 6.92 Å². The van der Waals surface area contributed by atoms with Crippen molar-refractivity contribution in [2.24, 2.45) is 37.7 Å². The van der Waals surface area contributed by atoms with Crippen molar-refractivity contribution in [3.8, 4) is 0 Å². The molecule has 0 radical (unpaired) electrons. The lowest BCUT2D eigenvalue weighted by Crippen LogP contribution is -2.32. The number of nitrogens with one attached hydrogen (secondary N) is 1. The zero-order valence-electron chi connectivity index (χ0n) is 18.6. The number of nitrogens with two attached hydrogens (primary N) is 3. The molecule has 3 heterocycles. The molecule has 0 atom stereocenters. The molecular weight excluding hydrogens is 422 g/mol. The third kappa shape index (κ3) is 11.0. The average molecular weight is 456 g/mol. The van der Waals surface area contributed by atoms with Gasteiger partial charge in [-0.1, -0.05) is 0 Å². The van der Waals surface area contributed by atoms with Gasteiger partial charge in [0.1, 0.15) is 0 Å². The number of nitrogens with zero attached hydrogens (tertiary/aromatic N) is 5. The van der Waals surface area contributed by atoms with E-state index in [-0.39, 0.29) is 30.8 Å². The summed E-state index contributed by atoms with van der Waals surface area (Å²) in [4.78, 5) is 49.3. The Morgan fingerprint density at radius 1 is 0.906 bits per heavy atom. The number of carbonyl (C=O) groups excluding carboxylic acids is 4. The van der Waals surface area contributed by atoms with E-state index in [2.05, 4.69) is 30.6 Å². The van der Waals surface area contributed by atoms with Gasteiger partial charge < -0.3 is 27.4 Å².